The predicted octanol–water partition coefficient (Wildman–Crippen LogP) is 1.30. The van der Waals surface area contributed by atoms with E-state index < -0.39 is 0 Å². The Kier molecular flexibility index (Phi) is 2.44. The summed E-state index contributed by atoms with van der Waals surface area (Å²) in [5.41, 5.74) is 5.93. The molecule has 1 aliphatic carbocycles. The zero-order chi connectivity index (χ0) is 11.0. The van der Waals surface area contributed by atoms with Gasteiger partial charge in [-0.15, -0.1) is 0 Å². The van der Waals surface area contributed by atoms with Gasteiger partial charge in [0.2, 0.25) is 5.89 Å². The first-order valence-corrected chi connectivity index (χ1v) is 5.99. The summed E-state index contributed by atoms with van der Waals surface area (Å²) in [6, 6.07) is 0. The molecule has 1 aliphatic heterocycles. The monoisotopic (exact) mass is 223 g/mol. The Morgan fingerprint density at radius 1 is 1.31 bits per heavy atom. The normalized spacial score (nSPS) is 28.7. The van der Waals surface area contributed by atoms with Crippen molar-refractivity contribution >= 4 is 0 Å². The lowest BCUT2D eigenvalue weighted by molar-refractivity contribution is 0.189. The van der Waals surface area contributed by atoms with Crippen molar-refractivity contribution in [2.24, 2.45) is 5.73 Å². The highest BCUT2D eigenvalue weighted by Crippen LogP contribution is 2.35. The molecule has 2 N–H and O–H groups in total. The third-order valence-corrected chi connectivity index (χ3v) is 3.66. The second-order valence-corrected chi connectivity index (χ2v) is 4.88. The summed E-state index contributed by atoms with van der Waals surface area (Å²) in [5.74, 6) is 1.65. The van der Waals surface area contributed by atoms with E-state index in [0.717, 1.165) is 38.7 Å². The fourth-order valence-electron chi connectivity index (χ4n) is 2.56. The minimum Gasteiger partial charge on any atom is -0.381 e. The first kappa shape index (κ1) is 10.2. The van der Waals surface area contributed by atoms with E-state index in [-0.39, 0.29) is 11.5 Å². The minimum absolute atomic E-state index is 0.270. The van der Waals surface area contributed by atoms with E-state index in [1.54, 1.807) is 0 Å². The van der Waals surface area contributed by atoms with E-state index >= 15 is 0 Å². The molecule has 2 aliphatic rings. The number of rotatable bonds is 2. The largest absolute Gasteiger partial charge is 0.381 e. The summed E-state index contributed by atoms with van der Waals surface area (Å²) in [4.78, 5) is 4.46. The Hall–Kier alpha value is -0.940. The molecule has 0 spiro atoms. The van der Waals surface area contributed by atoms with Crippen LogP contribution in [0.2, 0.25) is 0 Å². The molecule has 2 fully saturated rings. The lowest BCUT2D eigenvalue weighted by Gasteiger charge is -2.17. The molecule has 0 radical (unpaired) electrons. The van der Waals surface area contributed by atoms with Crippen molar-refractivity contribution in [2.75, 3.05) is 13.2 Å². The minimum atomic E-state index is -0.346. The average Bonchev–Trinajstić information content (AvgIpc) is 2.98. The number of nitrogens with zero attached hydrogens (tertiary/aromatic N) is 2. The topological polar surface area (TPSA) is 74.2 Å². The van der Waals surface area contributed by atoms with Crippen LogP contribution in [0.15, 0.2) is 4.52 Å². The zero-order valence-corrected chi connectivity index (χ0v) is 9.32. The number of nitrogens with two attached hydrogens (primary N) is 1. The van der Waals surface area contributed by atoms with E-state index in [1.807, 2.05) is 0 Å². The molecule has 1 saturated carbocycles. The van der Waals surface area contributed by atoms with E-state index in [4.69, 9.17) is 15.0 Å². The lowest BCUT2D eigenvalue weighted by atomic mass is 9.98. The molecule has 2 heterocycles. The third kappa shape index (κ3) is 1.64. The number of ether oxygens (including phenoxy) is 1. The first-order chi connectivity index (χ1) is 7.78. The fourth-order valence-corrected chi connectivity index (χ4v) is 2.56. The van der Waals surface area contributed by atoms with Crippen molar-refractivity contribution in [2.45, 2.75) is 43.6 Å². The van der Waals surface area contributed by atoms with Crippen LogP contribution in [0.3, 0.4) is 0 Å². The molecule has 88 valence electrons. The van der Waals surface area contributed by atoms with Gasteiger partial charge in [0.15, 0.2) is 5.82 Å². The second kappa shape index (κ2) is 3.82. The molecule has 1 aromatic rings. The standard InChI is InChI=1S/C11H17N3O2/c12-11(4-1-2-5-11)10-13-9(16-14-10)8-3-6-15-7-8/h8H,1-7,12H2. The van der Waals surface area contributed by atoms with Gasteiger partial charge >= 0.3 is 0 Å². The maximum atomic E-state index is 6.28. The molecular weight excluding hydrogens is 206 g/mol. The summed E-state index contributed by atoms with van der Waals surface area (Å²) in [7, 11) is 0. The Morgan fingerprint density at radius 2 is 2.12 bits per heavy atom. The van der Waals surface area contributed by atoms with Crippen LogP contribution in [0.25, 0.3) is 0 Å². The van der Waals surface area contributed by atoms with Gasteiger partial charge in [0.25, 0.3) is 0 Å². The van der Waals surface area contributed by atoms with E-state index in [9.17, 15) is 0 Å². The molecular formula is C11H17N3O2. The zero-order valence-electron chi connectivity index (χ0n) is 9.32. The molecule has 16 heavy (non-hydrogen) atoms. The Balaban J connectivity index is 1.81. The average molecular weight is 223 g/mol. The summed E-state index contributed by atoms with van der Waals surface area (Å²) in [6.45, 7) is 1.48. The van der Waals surface area contributed by atoms with Crippen LogP contribution in [0.4, 0.5) is 0 Å². The number of hydrogen-bond acceptors (Lipinski definition) is 5. The van der Waals surface area contributed by atoms with Crippen molar-refractivity contribution in [3.8, 4) is 0 Å². The van der Waals surface area contributed by atoms with Crippen molar-refractivity contribution < 1.29 is 9.26 Å². The van der Waals surface area contributed by atoms with Gasteiger partial charge in [-0.05, 0) is 19.3 Å². The van der Waals surface area contributed by atoms with Crippen LogP contribution in [0.1, 0.15) is 49.7 Å². The van der Waals surface area contributed by atoms with Crippen molar-refractivity contribution in [3.05, 3.63) is 11.7 Å². The van der Waals surface area contributed by atoms with Crippen LogP contribution in [0.5, 0.6) is 0 Å². The number of aromatic nitrogens is 2. The maximum absolute atomic E-state index is 6.28. The molecule has 0 bridgehead atoms. The van der Waals surface area contributed by atoms with Crippen LogP contribution >= 0.6 is 0 Å². The smallest absolute Gasteiger partial charge is 0.232 e. The van der Waals surface area contributed by atoms with Gasteiger partial charge in [0.1, 0.15) is 0 Å². The Morgan fingerprint density at radius 3 is 2.81 bits per heavy atom. The highest BCUT2D eigenvalue weighted by atomic mass is 16.5. The Labute approximate surface area is 94.3 Å². The van der Waals surface area contributed by atoms with Gasteiger partial charge in [0, 0.05) is 6.61 Å². The fraction of sp³-hybridized carbons (Fsp3) is 0.818. The molecule has 3 rings (SSSR count). The van der Waals surface area contributed by atoms with Gasteiger partial charge in [-0.3, -0.25) is 0 Å². The van der Waals surface area contributed by atoms with Crippen LogP contribution in [0, 0.1) is 0 Å². The predicted molar refractivity (Wildman–Crippen MR) is 56.8 cm³/mol. The summed E-state index contributed by atoms with van der Waals surface area (Å²) in [5, 5.41) is 4.05. The van der Waals surface area contributed by atoms with Crippen LogP contribution < -0.4 is 5.73 Å². The molecule has 1 unspecified atom stereocenters. The molecule has 0 amide bonds. The van der Waals surface area contributed by atoms with Crippen LogP contribution in [-0.4, -0.2) is 23.4 Å². The number of hydrogen-bond donors (Lipinski definition) is 1. The highest BCUT2D eigenvalue weighted by molar-refractivity contribution is 5.08. The Bertz CT molecular complexity index is 365. The van der Waals surface area contributed by atoms with Gasteiger partial charge in [-0.25, -0.2) is 0 Å². The van der Waals surface area contributed by atoms with Gasteiger partial charge < -0.3 is 15.0 Å². The van der Waals surface area contributed by atoms with Gasteiger partial charge in [-0.1, -0.05) is 18.0 Å². The second-order valence-electron chi connectivity index (χ2n) is 4.88. The molecule has 0 aromatic carbocycles. The van der Waals surface area contributed by atoms with Crippen molar-refractivity contribution in [1.29, 1.82) is 0 Å². The molecule has 1 aromatic heterocycles. The summed E-state index contributed by atoms with van der Waals surface area (Å²) in [6.07, 6.45) is 5.22. The molecule has 1 saturated heterocycles. The van der Waals surface area contributed by atoms with Crippen molar-refractivity contribution in [3.63, 3.8) is 0 Å². The summed E-state index contributed by atoms with van der Waals surface area (Å²) < 4.78 is 10.6. The van der Waals surface area contributed by atoms with Gasteiger partial charge in [0.05, 0.1) is 18.1 Å². The molecule has 5 nitrogen and oxygen atoms in total. The lowest BCUT2D eigenvalue weighted by Crippen LogP contribution is -2.34. The van der Waals surface area contributed by atoms with E-state index in [2.05, 4.69) is 10.1 Å². The maximum Gasteiger partial charge on any atom is 0.232 e. The van der Waals surface area contributed by atoms with Crippen LogP contribution in [-0.2, 0) is 10.3 Å². The van der Waals surface area contributed by atoms with E-state index in [1.165, 1.54) is 0 Å². The van der Waals surface area contributed by atoms with Crippen molar-refractivity contribution in [1.82, 2.24) is 10.1 Å². The quantitative estimate of drug-likeness (QED) is 0.818. The first-order valence-electron chi connectivity index (χ1n) is 5.99. The van der Waals surface area contributed by atoms with E-state index in [0.29, 0.717) is 18.3 Å². The molecule has 1 atom stereocenters. The van der Waals surface area contributed by atoms with Gasteiger partial charge in [-0.2, -0.15) is 4.98 Å². The third-order valence-electron chi connectivity index (χ3n) is 3.66. The SMILES string of the molecule is NC1(c2noc(C3CCOC3)n2)CCCC1. The summed E-state index contributed by atoms with van der Waals surface area (Å²) >= 11 is 0. The molecule has 5 heteroatoms. The highest BCUT2D eigenvalue weighted by Gasteiger charge is 2.37.